The molecule has 1 aromatic rings. The number of carbonyl (C=O) groups excluding carboxylic acids is 1. The highest BCUT2D eigenvalue weighted by Gasteiger charge is 2.79. The molecule has 2 N–H and O–H groups in total. The van der Waals surface area contributed by atoms with Crippen molar-refractivity contribution in [2.24, 2.45) is 17.3 Å². The Morgan fingerprint density at radius 1 is 1.32 bits per heavy atom. The summed E-state index contributed by atoms with van der Waals surface area (Å²) in [6, 6.07) is 4.03. The fraction of sp³-hybridized carbons (Fsp3) is 0.640. The van der Waals surface area contributed by atoms with E-state index in [9.17, 15) is 15.0 Å². The predicted octanol–water partition coefficient (Wildman–Crippen LogP) is 2.30. The summed E-state index contributed by atoms with van der Waals surface area (Å²) in [6.45, 7) is 4.17. The van der Waals surface area contributed by atoms with Gasteiger partial charge in [-0.2, -0.15) is 0 Å². The Morgan fingerprint density at radius 3 is 2.94 bits per heavy atom. The van der Waals surface area contributed by atoms with Crippen LogP contribution in [-0.4, -0.2) is 58.5 Å². The van der Waals surface area contributed by atoms with Crippen molar-refractivity contribution < 1.29 is 24.5 Å². The second-order valence-corrected chi connectivity index (χ2v) is 10.6. The van der Waals surface area contributed by atoms with Gasteiger partial charge in [0, 0.05) is 23.6 Å². The molecule has 4 bridgehead atoms. The van der Waals surface area contributed by atoms with Crippen LogP contribution in [-0.2, 0) is 21.4 Å². The van der Waals surface area contributed by atoms with E-state index in [4.69, 9.17) is 9.47 Å². The fourth-order valence-electron chi connectivity index (χ4n) is 7.99. The lowest BCUT2D eigenvalue weighted by Crippen LogP contribution is -2.79. The van der Waals surface area contributed by atoms with E-state index in [-0.39, 0.29) is 23.2 Å². The molecule has 2 aliphatic heterocycles. The van der Waals surface area contributed by atoms with Gasteiger partial charge in [0.15, 0.2) is 11.5 Å². The van der Waals surface area contributed by atoms with Crippen LogP contribution in [0.5, 0.6) is 11.5 Å². The van der Waals surface area contributed by atoms with Gasteiger partial charge in [-0.1, -0.05) is 18.2 Å². The smallest absolute Gasteiger partial charge is 0.312 e. The van der Waals surface area contributed by atoms with Crippen LogP contribution in [0.25, 0.3) is 0 Å². The van der Waals surface area contributed by atoms with E-state index in [1.54, 1.807) is 13.0 Å². The molecule has 3 fully saturated rings. The number of esters is 1. The minimum Gasteiger partial charge on any atom is -0.504 e. The van der Waals surface area contributed by atoms with Crippen LogP contribution < -0.4 is 4.74 Å². The van der Waals surface area contributed by atoms with Crippen molar-refractivity contribution in [1.82, 2.24) is 4.90 Å². The van der Waals surface area contributed by atoms with Gasteiger partial charge in [0.25, 0.3) is 0 Å². The quantitative estimate of drug-likeness (QED) is 0.572. The Hall–Kier alpha value is -2.05. The first-order chi connectivity index (χ1) is 14.9. The maximum atomic E-state index is 13.0. The zero-order valence-electron chi connectivity index (χ0n) is 17.8. The molecule has 1 aromatic carbocycles. The lowest BCUT2D eigenvalue weighted by Gasteiger charge is -2.70. The standard InChI is InChI=1S/C25H29NO5/c1-2-30-21(28)16-12-23-7-8-25(16,29)22-24(23)9-10-26(13-14-3-4-14)18(23)11-15-5-6-17(27)20(31-22)19(15)24/h5-8,14,16,18,22,27,29H,2-4,9-13H2,1H3. The second-order valence-electron chi connectivity index (χ2n) is 10.6. The monoisotopic (exact) mass is 423 g/mol. The number of ether oxygens (including phenoxy) is 2. The number of phenolic OH excluding ortho intramolecular Hbond substituents is 1. The Kier molecular flexibility index (Phi) is 3.37. The summed E-state index contributed by atoms with van der Waals surface area (Å²) < 4.78 is 11.9. The average molecular weight is 424 g/mol. The topological polar surface area (TPSA) is 79.2 Å². The minimum atomic E-state index is -1.43. The van der Waals surface area contributed by atoms with E-state index in [1.165, 1.54) is 18.4 Å². The first kappa shape index (κ1) is 18.5. The third kappa shape index (κ3) is 1.96. The van der Waals surface area contributed by atoms with E-state index in [0.29, 0.717) is 18.8 Å². The zero-order valence-corrected chi connectivity index (χ0v) is 17.8. The molecule has 0 radical (unpaired) electrons. The van der Waals surface area contributed by atoms with Gasteiger partial charge < -0.3 is 19.7 Å². The van der Waals surface area contributed by atoms with Crippen LogP contribution in [0.1, 0.15) is 43.7 Å². The highest BCUT2D eigenvalue weighted by molar-refractivity contribution is 5.78. The van der Waals surface area contributed by atoms with Crippen LogP contribution in [0.15, 0.2) is 24.3 Å². The first-order valence-corrected chi connectivity index (χ1v) is 11.8. The molecule has 31 heavy (non-hydrogen) atoms. The van der Waals surface area contributed by atoms with Gasteiger partial charge in [0.1, 0.15) is 11.7 Å². The maximum absolute atomic E-state index is 13.0. The number of benzene rings is 1. The number of piperidine rings is 1. The number of hydrogen-bond donors (Lipinski definition) is 2. The zero-order chi connectivity index (χ0) is 21.2. The first-order valence-electron chi connectivity index (χ1n) is 11.8. The fourth-order valence-corrected chi connectivity index (χ4v) is 7.99. The van der Waals surface area contributed by atoms with Gasteiger partial charge >= 0.3 is 5.97 Å². The molecular formula is C25H29NO5. The molecule has 1 saturated heterocycles. The number of aliphatic hydroxyl groups is 1. The normalized spacial score (nSPS) is 43.5. The molecule has 0 aromatic heterocycles. The summed E-state index contributed by atoms with van der Waals surface area (Å²) in [4.78, 5) is 15.7. The van der Waals surface area contributed by atoms with E-state index >= 15 is 0 Å². The lowest BCUT2D eigenvalue weighted by atomic mass is 9.37. The molecule has 0 amide bonds. The van der Waals surface area contributed by atoms with Crippen molar-refractivity contribution in [2.75, 3.05) is 19.7 Å². The molecule has 2 saturated carbocycles. The number of fused-ring (bicyclic) bond motifs is 1. The van der Waals surface area contributed by atoms with E-state index < -0.39 is 23.0 Å². The molecule has 6 heteroatoms. The van der Waals surface area contributed by atoms with Gasteiger partial charge in [0.2, 0.25) is 0 Å². The van der Waals surface area contributed by atoms with Gasteiger partial charge in [-0.25, -0.2) is 0 Å². The Morgan fingerprint density at radius 2 is 2.16 bits per heavy atom. The van der Waals surface area contributed by atoms with Crippen molar-refractivity contribution in [3.05, 3.63) is 35.4 Å². The van der Waals surface area contributed by atoms with Crippen LogP contribution in [0, 0.1) is 17.3 Å². The third-order valence-corrected chi connectivity index (χ3v) is 9.35. The number of likely N-dealkylation sites (tertiary alicyclic amines) is 1. The molecule has 5 aliphatic carbocycles. The minimum absolute atomic E-state index is 0.132. The van der Waals surface area contributed by atoms with Crippen molar-refractivity contribution in [3.8, 4) is 11.5 Å². The molecule has 6 atom stereocenters. The van der Waals surface area contributed by atoms with Crippen molar-refractivity contribution in [1.29, 1.82) is 0 Å². The highest BCUT2D eigenvalue weighted by atomic mass is 16.5. The molecule has 164 valence electrons. The van der Waals surface area contributed by atoms with Crippen LogP contribution in [0.3, 0.4) is 0 Å². The van der Waals surface area contributed by atoms with Crippen molar-refractivity contribution >= 4 is 5.97 Å². The molecule has 2 spiro atoms. The van der Waals surface area contributed by atoms with Crippen LogP contribution >= 0.6 is 0 Å². The van der Waals surface area contributed by atoms with Gasteiger partial charge in [-0.05, 0) is 63.1 Å². The molecule has 6 nitrogen and oxygen atoms in total. The van der Waals surface area contributed by atoms with Crippen molar-refractivity contribution in [3.63, 3.8) is 0 Å². The predicted molar refractivity (Wildman–Crippen MR) is 112 cm³/mol. The Bertz CT molecular complexity index is 1030. The number of hydrogen-bond acceptors (Lipinski definition) is 6. The van der Waals surface area contributed by atoms with Crippen LogP contribution in [0.2, 0.25) is 0 Å². The Labute approximate surface area is 181 Å². The molecule has 2 heterocycles. The van der Waals surface area contributed by atoms with Crippen molar-refractivity contribution in [2.45, 2.75) is 62.2 Å². The largest absolute Gasteiger partial charge is 0.504 e. The Balaban J connectivity index is 1.46. The number of aromatic hydroxyl groups is 1. The second kappa shape index (κ2) is 5.65. The molecular weight excluding hydrogens is 394 g/mol. The lowest BCUT2D eigenvalue weighted by molar-refractivity contribution is -0.215. The van der Waals surface area contributed by atoms with E-state index in [0.717, 1.165) is 37.4 Å². The summed E-state index contributed by atoms with van der Waals surface area (Å²) in [5.41, 5.74) is 0.163. The van der Waals surface area contributed by atoms with E-state index in [1.807, 2.05) is 12.1 Å². The number of phenols is 1. The number of carbonyl (C=O) groups is 1. The van der Waals surface area contributed by atoms with Gasteiger partial charge in [0.05, 0.1) is 17.9 Å². The molecule has 8 rings (SSSR count). The van der Waals surface area contributed by atoms with Gasteiger partial charge in [-0.3, -0.25) is 9.69 Å². The molecule has 6 unspecified atom stereocenters. The summed E-state index contributed by atoms with van der Waals surface area (Å²) in [6.07, 6.45) is 8.40. The summed E-state index contributed by atoms with van der Waals surface area (Å²) in [5.74, 6) is 0.438. The molecule has 7 aliphatic rings. The van der Waals surface area contributed by atoms with Crippen LogP contribution in [0.4, 0.5) is 0 Å². The summed E-state index contributed by atoms with van der Waals surface area (Å²) in [5, 5.41) is 22.6. The summed E-state index contributed by atoms with van der Waals surface area (Å²) >= 11 is 0. The maximum Gasteiger partial charge on any atom is 0.312 e. The third-order valence-electron chi connectivity index (χ3n) is 9.35. The van der Waals surface area contributed by atoms with Gasteiger partial charge in [-0.15, -0.1) is 0 Å². The number of rotatable bonds is 4. The summed E-state index contributed by atoms with van der Waals surface area (Å²) in [7, 11) is 0. The number of nitrogens with zero attached hydrogens (tertiary/aromatic N) is 1. The SMILES string of the molecule is CCOC(=O)C1CC23C=CC1(O)C1Oc4c(O)ccc5c4C12CCN(CC1CC1)C3C5. The van der Waals surface area contributed by atoms with E-state index in [2.05, 4.69) is 11.0 Å². The highest BCUT2D eigenvalue weighted by Crippen LogP contribution is 2.74. The average Bonchev–Trinajstić information content (AvgIpc) is 3.49.